The van der Waals surface area contributed by atoms with Gasteiger partial charge in [0.25, 0.3) is 0 Å². The molecule has 3 nitrogen and oxygen atoms in total. The summed E-state index contributed by atoms with van der Waals surface area (Å²) in [6.45, 7) is 4.30. The van der Waals surface area contributed by atoms with Crippen LogP contribution >= 0.6 is 11.3 Å². The molecule has 1 saturated heterocycles. The zero-order valence-corrected chi connectivity index (χ0v) is 10.8. The largest absolute Gasteiger partial charge is 0.342 e. The fourth-order valence-corrected chi connectivity index (χ4v) is 3.28. The van der Waals surface area contributed by atoms with Crippen LogP contribution in [0.5, 0.6) is 0 Å². The summed E-state index contributed by atoms with van der Waals surface area (Å²) in [7, 11) is 0. The summed E-state index contributed by atoms with van der Waals surface area (Å²) in [5.41, 5.74) is 1.31. The maximum Gasteiger partial charge on any atom is 0.0901 e. The molecule has 0 aromatic carbocycles. The molecule has 1 atom stereocenters. The van der Waals surface area contributed by atoms with Gasteiger partial charge in [0.2, 0.25) is 0 Å². The molecule has 0 aliphatic carbocycles. The van der Waals surface area contributed by atoms with Crippen molar-refractivity contribution in [2.45, 2.75) is 25.8 Å². The number of nitrogens with zero attached hydrogens (tertiary/aromatic N) is 2. The topological polar surface area (TPSA) is 29.9 Å². The van der Waals surface area contributed by atoms with Crippen LogP contribution in [0.25, 0.3) is 10.6 Å². The fraction of sp³-hybridized carbons (Fsp3) is 0.462. The first-order valence-corrected chi connectivity index (χ1v) is 6.96. The van der Waals surface area contributed by atoms with E-state index in [2.05, 4.69) is 40.1 Å². The molecular weight excluding hydrogens is 230 g/mol. The van der Waals surface area contributed by atoms with Crippen LogP contribution in [0, 0.1) is 6.92 Å². The molecule has 3 rings (SSSR count). The molecule has 1 N–H and O–H groups in total. The Labute approximate surface area is 106 Å². The summed E-state index contributed by atoms with van der Waals surface area (Å²) in [4.78, 5) is 5.62. The van der Waals surface area contributed by atoms with Gasteiger partial charge in [-0.3, -0.25) is 0 Å². The van der Waals surface area contributed by atoms with E-state index in [4.69, 9.17) is 0 Å². The van der Waals surface area contributed by atoms with Crippen LogP contribution in [-0.2, 0) is 0 Å². The Bertz CT molecular complexity index is 494. The number of aromatic nitrogens is 2. The smallest absolute Gasteiger partial charge is 0.0901 e. The Hall–Kier alpha value is -1.13. The van der Waals surface area contributed by atoms with Crippen LogP contribution in [0.1, 0.15) is 23.9 Å². The molecule has 0 amide bonds. The lowest BCUT2D eigenvalue weighted by molar-refractivity contribution is 0.375. The summed E-state index contributed by atoms with van der Waals surface area (Å²) in [6, 6.07) is 4.93. The Kier molecular flexibility index (Phi) is 2.99. The lowest BCUT2D eigenvalue weighted by Crippen LogP contribution is -2.31. The summed E-state index contributed by atoms with van der Waals surface area (Å²) in [5, 5.41) is 4.61. The Morgan fingerprint density at radius 3 is 3.18 bits per heavy atom. The molecule has 1 unspecified atom stereocenters. The van der Waals surface area contributed by atoms with Gasteiger partial charge in [0.05, 0.1) is 15.6 Å². The molecule has 0 radical (unpaired) electrons. The first-order valence-electron chi connectivity index (χ1n) is 6.15. The van der Waals surface area contributed by atoms with Gasteiger partial charge in [-0.25, -0.2) is 4.98 Å². The van der Waals surface area contributed by atoms with Gasteiger partial charge in [0.1, 0.15) is 0 Å². The zero-order valence-electron chi connectivity index (χ0n) is 10.0. The highest BCUT2D eigenvalue weighted by molar-refractivity contribution is 7.15. The molecule has 0 bridgehead atoms. The minimum Gasteiger partial charge on any atom is -0.342 e. The zero-order chi connectivity index (χ0) is 11.7. The Balaban J connectivity index is 1.93. The van der Waals surface area contributed by atoms with Crippen LogP contribution in [0.4, 0.5) is 0 Å². The average molecular weight is 247 g/mol. The van der Waals surface area contributed by atoms with Crippen LogP contribution in [0.3, 0.4) is 0 Å². The van der Waals surface area contributed by atoms with Gasteiger partial charge in [0, 0.05) is 25.0 Å². The molecule has 0 spiro atoms. The van der Waals surface area contributed by atoms with Gasteiger partial charge >= 0.3 is 0 Å². The van der Waals surface area contributed by atoms with Gasteiger partial charge in [-0.15, -0.1) is 11.3 Å². The standard InChI is InChI=1S/C13H17N3S/c1-10-15-9-13(17-10)12-5-3-7-16(12)11-4-2-6-14-8-11/h3,5,7,9,11,14H,2,4,6,8H2,1H3. The van der Waals surface area contributed by atoms with Crippen LogP contribution in [0.15, 0.2) is 24.5 Å². The van der Waals surface area contributed by atoms with Gasteiger partial charge in [-0.2, -0.15) is 0 Å². The molecule has 1 aliphatic rings. The van der Waals surface area contributed by atoms with Crippen molar-refractivity contribution in [1.29, 1.82) is 0 Å². The summed E-state index contributed by atoms with van der Waals surface area (Å²) in [6.07, 6.45) is 6.72. The van der Waals surface area contributed by atoms with Crippen molar-refractivity contribution in [3.8, 4) is 10.6 Å². The lowest BCUT2D eigenvalue weighted by Gasteiger charge is -2.26. The maximum atomic E-state index is 4.35. The second-order valence-electron chi connectivity index (χ2n) is 4.54. The third-order valence-electron chi connectivity index (χ3n) is 3.32. The predicted molar refractivity (Wildman–Crippen MR) is 71.4 cm³/mol. The number of piperidine rings is 1. The minimum atomic E-state index is 0.594. The van der Waals surface area contributed by atoms with E-state index in [0.29, 0.717) is 6.04 Å². The van der Waals surface area contributed by atoms with Crippen LogP contribution in [-0.4, -0.2) is 22.6 Å². The average Bonchev–Trinajstić information content (AvgIpc) is 2.98. The molecule has 2 aromatic heterocycles. The molecule has 17 heavy (non-hydrogen) atoms. The molecule has 2 aromatic rings. The molecule has 1 fully saturated rings. The second-order valence-corrected chi connectivity index (χ2v) is 5.78. The van der Waals surface area contributed by atoms with Crippen molar-refractivity contribution < 1.29 is 0 Å². The maximum absolute atomic E-state index is 4.35. The number of hydrogen-bond acceptors (Lipinski definition) is 3. The van der Waals surface area contributed by atoms with E-state index < -0.39 is 0 Å². The highest BCUT2D eigenvalue weighted by Crippen LogP contribution is 2.30. The van der Waals surface area contributed by atoms with Crippen molar-refractivity contribution in [3.63, 3.8) is 0 Å². The lowest BCUT2D eigenvalue weighted by atomic mass is 10.1. The molecule has 90 valence electrons. The van der Waals surface area contributed by atoms with E-state index in [1.54, 1.807) is 11.3 Å². The quantitative estimate of drug-likeness (QED) is 0.884. The van der Waals surface area contributed by atoms with Gasteiger partial charge in [0.15, 0.2) is 0 Å². The molecular formula is C13H17N3S. The highest BCUT2D eigenvalue weighted by Gasteiger charge is 2.17. The predicted octanol–water partition coefficient (Wildman–Crippen LogP) is 2.84. The summed E-state index contributed by atoms with van der Waals surface area (Å²) in [5.74, 6) is 0. The first kappa shape index (κ1) is 11.0. The van der Waals surface area contributed by atoms with E-state index in [1.807, 2.05) is 6.20 Å². The third-order valence-corrected chi connectivity index (χ3v) is 4.25. The van der Waals surface area contributed by atoms with E-state index in [-0.39, 0.29) is 0 Å². The van der Waals surface area contributed by atoms with Gasteiger partial charge in [-0.05, 0) is 38.4 Å². The number of rotatable bonds is 2. The number of hydrogen-bond donors (Lipinski definition) is 1. The molecule has 3 heterocycles. The second kappa shape index (κ2) is 4.63. The van der Waals surface area contributed by atoms with Gasteiger partial charge < -0.3 is 9.88 Å². The normalized spacial score (nSPS) is 20.6. The van der Waals surface area contributed by atoms with E-state index in [1.165, 1.54) is 23.4 Å². The monoisotopic (exact) mass is 247 g/mol. The van der Waals surface area contributed by atoms with Crippen molar-refractivity contribution in [2.24, 2.45) is 0 Å². The van der Waals surface area contributed by atoms with Crippen molar-refractivity contribution in [1.82, 2.24) is 14.9 Å². The fourth-order valence-electron chi connectivity index (χ4n) is 2.47. The van der Waals surface area contributed by atoms with Crippen molar-refractivity contribution in [3.05, 3.63) is 29.5 Å². The molecule has 4 heteroatoms. The van der Waals surface area contributed by atoms with E-state index in [9.17, 15) is 0 Å². The molecule has 1 aliphatic heterocycles. The SMILES string of the molecule is Cc1ncc(-c2cccn2C2CCCNC2)s1. The number of aryl methyl sites for hydroxylation is 1. The molecule has 0 saturated carbocycles. The first-order chi connectivity index (χ1) is 8.34. The van der Waals surface area contributed by atoms with Crippen molar-refractivity contribution >= 4 is 11.3 Å². The number of thiazole rings is 1. The third kappa shape index (κ3) is 2.15. The Morgan fingerprint density at radius 2 is 2.47 bits per heavy atom. The van der Waals surface area contributed by atoms with Gasteiger partial charge in [-0.1, -0.05) is 0 Å². The van der Waals surface area contributed by atoms with Crippen molar-refractivity contribution in [2.75, 3.05) is 13.1 Å². The van der Waals surface area contributed by atoms with E-state index in [0.717, 1.165) is 18.1 Å². The summed E-state index contributed by atoms with van der Waals surface area (Å²) >= 11 is 1.77. The van der Waals surface area contributed by atoms with E-state index >= 15 is 0 Å². The van der Waals surface area contributed by atoms with Crippen LogP contribution in [0.2, 0.25) is 0 Å². The minimum absolute atomic E-state index is 0.594. The van der Waals surface area contributed by atoms with Crippen LogP contribution < -0.4 is 5.32 Å². The highest BCUT2D eigenvalue weighted by atomic mass is 32.1. The Morgan fingerprint density at radius 1 is 1.53 bits per heavy atom. The summed E-state index contributed by atoms with van der Waals surface area (Å²) < 4.78 is 2.40. The number of nitrogens with one attached hydrogen (secondary N) is 1.